The molecule has 1 unspecified atom stereocenters. The Kier molecular flexibility index (Phi) is 4.23. The molecule has 0 saturated heterocycles. The van der Waals surface area contributed by atoms with Crippen LogP contribution in [0.2, 0.25) is 0 Å². The van der Waals surface area contributed by atoms with Crippen molar-refractivity contribution in [2.24, 2.45) is 4.99 Å². The van der Waals surface area contributed by atoms with E-state index in [2.05, 4.69) is 4.99 Å². The molecule has 1 aliphatic rings. The molecule has 0 bridgehead atoms. The Bertz CT molecular complexity index is 994. The van der Waals surface area contributed by atoms with E-state index in [9.17, 15) is 9.90 Å². The van der Waals surface area contributed by atoms with Crippen LogP contribution in [-0.4, -0.2) is 17.3 Å². The second kappa shape index (κ2) is 6.84. The summed E-state index contributed by atoms with van der Waals surface area (Å²) in [6.07, 6.45) is 2.19. The summed E-state index contributed by atoms with van der Waals surface area (Å²) in [4.78, 5) is 17.0. The highest BCUT2D eigenvalue weighted by Crippen LogP contribution is 2.36. The first kappa shape index (κ1) is 16.1. The fourth-order valence-electron chi connectivity index (χ4n) is 3.13. The minimum Gasteiger partial charge on any atom is -0.507 e. The van der Waals surface area contributed by atoms with Crippen LogP contribution < -0.4 is 4.74 Å². The molecule has 3 aromatic rings. The number of hydrogen-bond acceptors (Lipinski definition) is 4. The molecule has 4 nitrogen and oxygen atoms in total. The number of phenolic OH excluding ortho intramolecular Hbond substituents is 1. The highest BCUT2D eigenvalue weighted by molar-refractivity contribution is 5.88. The summed E-state index contributed by atoms with van der Waals surface area (Å²) in [6.45, 7) is 0. The van der Waals surface area contributed by atoms with Gasteiger partial charge in [0.2, 0.25) is 0 Å². The minimum absolute atomic E-state index is 0.166. The van der Waals surface area contributed by atoms with Gasteiger partial charge in [-0.25, -0.2) is 0 Å². The first-order valence-corrected chi connectivity index (χ1v) is 8.43. The third kappa shape index (κ3) is 3.09. The number of ether oxygens (including phenoxy) is 1. The lowest BCUT2D eigenvalue weighted by atomic mass is 9.89. The smallest absolute Gasteiger partial charge is 0.319 e. The molecule has 3 aromatic carbocycles. The van der Waals surface area contributed by atoms with Gasteiger partial charge in [0.1, 0.15) is 11.5 Å². The Morgan fingerprint density at radius 3 is 2.58 bits per heavy atom. The number of para-hydroxylation sites is 3. The lowest BCUT2D eigenvalue weighted by Crippen LogP contribution is -2.25. The number of fused-ring (bicyclic) bond motifs is 1. The number of aromatic hydroxyl groups is 1. The van der Waals surface area contributed by atoms with Crippen LogP contribution in [0.1, 0.15) is 22.6 Å². The van der Waals surface area contributed by atoms with Gasteiger partial charge in [0.25, 0.3) is 0 Å². The molecule has 0 spiro atoms. The molecule has 0 radical (unpaired) electrons. The van der Waals surface area contributed by atoms with E-state index >= 15 is 0 Å². The zero-order chi connectivity index (χ0) is 17.9. The van der Waals surface area contributed by atoms with Crippen LogP contribution in [0.5, 0.6) is 11.5 Å². The predicted molar refractivity (Wildman–Crippen MR) is 100 cm³/mol. The third-order valence-corrected chi connectivity index (χ3v) is 4.48. The fourth-order valence-corrected chi connectivity index (χ4v) is 3.13. The first-order chi connectivity index (χ1) is 12.7. The van der Waals surface area contributed by atoms with Crippen LogP contribution in [-0.2, 0) is 11.2 Å². The van der Waals surface area contributed by atoms with E-state index < -0.39 is 5.92 Å². The molecule has 0 aromatic heterocycles. The lowest BCUT2D eigenvalue weighted by Gasteiger charge is -2.24. The maximum atomic E-state index is 12.5. The number of carbonyl (C=O) groups is 1. The van der Waals surface area contributed by atoms with E-state index in [1.165, 1.54) is 0 Å². The van der Waals surface area contributed by atoms with Crippen molar-refractivity contribution >= 4 is 17.9 Å². The fraction of sp³-hybridized carbons (Fsp3) is 0.0909. The average molecular weight is 343 g/mol. The Morgan fingerprint density at radius 2 is 1.69 bits per heavy atom. The van der Waals surface area contributed by atoms with Gasteiger partial charge >= 0.3 is 5.97 Å². The van der Waals surface area contributed by atoms with E-state index in [4.69, 9.17) is 4.74 Å². The molecule has 1 N–H and O–H groups in total. The standard InChI is InChI=1S/C22H17NO3/c24-20-11-5-1-8-16(20)14-23-19-10-4-3-9-17(19)18-13-15-7-2-6-12-21(15)26-22(18)25/h1-12,14,18,24H,13H2. The number of nitrogens with zero attached hydrogens (tertiary/aromatic N) is 1. The monoisotopic (exact) mass is 343 g/mol. The van der Waals surface area contributed by atoms with Gasteiger partial charge in [0, 0.05) is 11.8 Å². The van der Waals surface area contributed by atoms with Gasteiger partial charge in [-0.15, -0.1) is 0 Å². The van der Waals surface area contributed by atoms with Crippen molar-refractivity contribution in [3.63, 3.8) is 0 Å². The number of aliphatic imine (C=N–C) groups is 1. The Labute approximate surface area is 151 Å². The molecule has 26 heavy (non-hydrogen) atoms. The number of rotatable bonds is 3. The number of carbonyl (C=O) groups excluding carboxylic acids is 1. The predicted octanol–water partition coefficient (Wildman–Crippen LogP) is 4.39. The van der Waals surface area contributed by atoms with Crippen LogP contribution in [0, 0.1) is 0 Å². The van der Waals surface area contributed by atoms with Crippen molar-refractivity contribution in [2.75, 3.05) is 0 Å². The van der Waals surface area contributed by atoms with E-state index in [-0.39, 0.29) is 11.7 Å². The quantitative estimate of drug-likeness (QED) is 0.436. The van der Waals surface area contributed by atoms with Crippen molar-refractivity contribution in [3.05, 3.63) is 89.5 Å². The summed E-state index contributed by atoms with van der Waals surface area (Å²) < 4.78 is 5.50. The minimum atomic E-state index is -0.400. The highest BCUT2D eigenvalue weighted by atomic mass is 16.5. The SMILES string of the molecule is O=C1Oc2ccccc2CC1c1ccccc1N=Cc1ccccc1O. The van der Waals surface area contributed by atoms with Crippen molar-refractivity contribution < 1.29 is 14.6 Å². The molecule has 128 valence electrons. The summed E-state index contributed by atoms with van der Waals surface area (Å²) >= 11 is 0. The third-order valence-electron chi connectivity index (χ3n) is 4.48. The summed E-state index contributed by atoms with van der Waals surface area (Å²) in [5.74, 6) is 0.125. The van der Waals surface area contributed by atoms with Gasteiger partial charge < -0.3 is 9.84 Å². The number of benzene rings is 3. The van der Waals surface area contributed by atoms with E-state index in [1.54, 1.807) is 24.4 Å². The summed E-state index contributed by atoms with van der Waals surface area (Å²) in [5, 5.41) is 9.89. The molecule has 0 aliphatic carbocycles. The van der Waals surface area contributed by atoms with Gasteiger partial charge in [-0.2, -0.15) is 0 Å². The van der Waals surface area contributed by atoms with Crippen LogP contribution in [0.4, 0.5) is 5.69 Å². The molecular formula is C22H17NO3. The van der Waals surface area contributed by atoms with Gasteiger partial charge in [-0.3, -0.25) is 9.79 Å². The van der Waals surface area contributed by atoms with Crippen molar-refractivity contribution in [1.29, 1.82) is 0 Å². The van der Waals surface area contributed by atoms with Gasteiger partial charge in [0.05, 0.1) is 11.6 Å². The molecule has 0 saturated carbocycles. The van der Waals surface area contributed by atoms with Gasteiger partial charge in [-0.1, -0.05) is 48.5 Å². The largest absolute Gasteiger partial charge is 0.507 e. The van der Waals surface area contributed by atoms with Gasteiger partial charge in [-0.05, 0) is 41.8 Å². The summed E-state index contributed by atoms with van der Waals surface area (Å²) in [5.41, 5.74) is 3.14. The Morgan fingerprint density at radius 1 is 0.962 bits per heavy atom. The molecule has 1 heterocycles. The molecular weight excluding hydrogens is 326 g/mol. The average Bonchev–Trinajstić information content (AvgIpc) is 2.67. The van der Waals surface area contributed by atoms with Crippen LogP contribution in [0.25, 0.3) is 0 Å². The molecule has 1 atom stereocenters. The van der Waals surface area contributed by atoms with Gasteiger partial charge in [0.15, 0.2) is 0 Å². The van der Waals surface area contributed by atoms with E-state index in [0.717, 1.165) is 11.1 Å². The molecule has 0 amide bonds. The molecule has 0 fully saturated rings. The molecule has 4 heteroatoms. The Hall–Kier alpha value is -3.40. The summed E-state index contributed by atoms with van der Waals surface area (Å²) in [6, 6.07) is 22.1. The van der Waals surface area contributed by atoms with Crippen molar-refractivity contribution in [3.8, 4) is 11.5 Å². The lowest BCUT2D eigenvalue weighted by molar-refractivity contribution is -0.137. The first-order valence-electron chi connectivity index (χ1n) is 8.43. The maximum absolute atomic E-state index is 12.5. The number of phenols is 1. The molecule has 4 rings (SSSR count). The summed E-state index contributed by atoms with van der Waals surface area (Å²) in [7, 11) is 0. The van der Waals surface area contributed by atoms with Crippen LogP contribution in [0.15, 0.2) is 77.8 Å². The van der Waals surface area contributed by atoms with E-state index in [1.807, 2.05) is 54.6 Å². The zero-order valence-corrected chi connectivity index (χ0v) is 14.0. The van der Waals surface area contributed by atoms with Crippen LogP contribution >= 0.6 is 0 Å². The molecule has 1 aliphatic heterocycles. The Balaban J connectivity index is 1.68. The second-order valence-electron chi connectivity index (χ2n) is 6.16. The second-order valence-corrected chi connectivity index (χ2v) is 6.16. The highest BCUT2D eigenvalue weighted by Gasteiger charge is 2.31. The topological polar surface area (TPSA) is 58.9 Å². The maximum Gasteiger partial charge on any atom is 0.319 e. The van der Waals surface area contributed by atoms with E-state index in [0.29, 0.717) is 23.4 Å². The van der Waals surface area contributed by atoms with Crippen molar-refractivity contribution in [2.45, 2.75) is 12.3 Å². The number of hydrogen-bond donors (Lipinski definition) is 1. The normalized spacial score (nSPS) is 16.3. The van der Waals surface area contributed by atoms with Crippen LogP contribution in [0.3, 0.4) is 0 Å². The zero-order valence-electron chi connectivity index (χ0n) is 14.0. The number of esters is 1. The van der Waals surface area contributed by atoms with Crippen molar-refractivity contribution in [1.82, 2.24) is 0 Å².